The van der Waals surface area contributed by atoms with Gasteiger partial charge in [-0.1, -0.05) is 9.39 Å². The predicted molar refractivity (Wildman–Crippen MR) is 68.5 cm³/mol. The van der Waals surface area contributed by atoms with Crippen molar-refractivity contribution in [1.82, 2.24) is 20.8 Å². The summed E-state index contributed by atoms with van der Waals surface area (Å²) in [6.07, 6.45) is 1.51. The minimum atomic E-state index is -0.414. The Morgan fingerprint density at radius 3 is 3.17 bits per heavy atom. The van der Waals surface area contributed by atoms with E-state index in [2.05, 4.69) is 25.3 Å². The van der Waals surface area contributed by atoms with Crippen LogP contribution in [0.4, 0.5) is 4.79 Å². The molecule has 7 nitrogen and oxygen atoms in total. The molecule has 4 atom stereocenters. The summed E-state index contributed by atoms with van der Waals surface area (Å²) in [5.41, 5.74) is 2.41. The number of hydroxylamine groups is 1. The number of hydrogen-bond acceptors (Lipinski definition) is 4. The first-order valence-corrected chi connectivity index (χ1v) is 6.64. The molecule has 0 aliphatic carbocycles. The van der Waals surface area contributed by atoms with E-state index in [1.807, 2.05) is 6.92 Å². The second kappa shape index (κ2) is 5.82. The van der Waals surface area contributed by atoms with E-state index in [-0.39, 0.29) is 24.0 Å². The van der Waals surface area contributed by atoms with Gasteiger partial charge in [-0.15, -0.1) is 0 Å². The van der Waals surface area contributed by atoms with Crippen LogP contribution in [0.25, 0.3) is 0 Å². The number of fused-ring (bicyclic) bond motifs is 2. The molecule has 3 amide bonds. The molecule has 2 saturated heterocycles. The molecule has 2 heterocycles. The zero-order valence-electron chi connectivity index (χ0n) is 10.3. The van der Waals surface area contributed by atoms with Crippen LogP contribution in [0.5, 0.6) is 0 Å². The summed E-state index contributed by atoms with van der Waals surface area (Å²) in [4.78, 5) is 30.2. The first-order chi connectivity index (χ1) is 8.61. The lowest BCUT2D eigenvalue weighted by Gasteiger charge is -2.29. The average molecular weight is 274 g/mol. The van der Waals surface area contributed by atoms with Crippen molar-refractivity contribution in [2.24, 2.45) is 0 Å². The molecule has 2 fully saturated rings. The summed E-state index contributed by atoms with van der Waals surface area (Å²) in [6, 6.07) is -0.245. The van der Waals surface area contributed by atoms with Gasteiger partial charge in [-0.3, -0.25) is 14.7 Å². The Balaban J connectivity index is 1.80. The number of nitrogens with zero attached hydrogens (tertiary/aromatic N) is 1. The van der Waals surface area contributed by atoms with Crippen LogP contribution < -0.4 is 15.9 Å². The molecule has 18 heavy (non-hydrogen) atoms. The number of hydrogen-bond donors (Lipinski definition) is 3. The summed E-state index contributed by atoms with van der Waals surface area (Å²) in [5.74, 6) is -0.249. The van der Waals surface area contributed by atoms with Crippen LogP contribution in [-0.4, -0.2) is 48.1 Å². The Labute approximate surface area is 108 Å². The number of piperidine rings is 1. The molecule has 0 saturated carbocycles. The minimum absolute atomic E-state index is 0.126. The zero-order chi connectivity index (χ0) is 13.1. The molecule has 2 rings (SSSR count). The van der Waals surface area contributed by atoms with Crippen molar-refractivity contribution in [3.8, 4) is 0 Å². The molecule has 2 aliphatic heterocycles. The summed E-state index contributed by atoms with van der Waals surface area (Å²) in [6.45, 7) is 2.91. The SMILES string of the molecule is C[C@@H](CONC(=O)[C@@H]1CC[C@@H]2CN1C(=O)N2)NP. The molecule has 0 aromatic carbocycles. The van der Waals surface area contributed by atoms with Gasteiger partial charge in [0.25, 0.3) is 5.91 Å². The Kier molecular flexibility index (Phi) is 4.37. The molecule has 0 aromatic rings. The maximum absolute atomic E-state index is 11.9. The molecular formula is C10H19N4O3P. The molecule has 0 aromatic heterocycles. The number of nitrogens with one attached hydrogen (secondary N) is 3. The third-order valence-electron chi connectivity index (χ3n) is 3.26. The second-order valence-corrected chi connectivity index (χ2v) is 5.07. The summed E-state index contributed by atoms with van der Waals surface area (Å²) >= 11 is 0. The van der Waals surface area contributed by atoms with E-state index >= 15 is 0 Å². The maximum atomic E-state index is 11.9. The Hall–Kier alpha value is -0.910. The lowest BCUT2D eigenvalue weighted by molar-refractivity contribution is -0.139. The van der Waals surface area contributed by atoms with Gasteiger partial charge < -0.3 is 10.2 Å². The lowest BCUT2D eigenvalue weighted by Crippen LogP contribution is -2.50. The fraction of sp³-hybridized carbons (Fsp3) is 0.800. The molecule has 0 spiro atoms. The number of rotatable bonds is 5. The zero-order valence-corrected chi connectivity index (χ0v) is 11.5. The molecule has 2 aliphatic rings. The van der Waals surface area contributed by atoms with Gasteiger partial charge >= 0.3 is 6.03 Å². The maximum Gasteiger partial charge on any atom is 0.318 e. The first kappa shape index (κ1) is 13.5. The molecule has 3 N–H and O–H groups in total. The Bertz CT molecular complexity index is 341. The van der Waals surface area contributed by atoms with E-state index in [1.54, 1.807) is 4.90 Å². The van der Waals surface area contributed by atoms with Gasteiger partial charge in [-0.05, 0) is 19.8 Å². The summed E-state index contributed by atoms with van der Waals surface area (Å²) < 4.78 is 0. The monoisotopic (exact) mass is 274 g/mol. The van der Waals surface area contributed by atoms with E-state index in [4.69, 9.17) is 4.84 Å². The highest BCUT2D eigenvalue weighted by molar-refractivity contribution is 7.13. The van der Waals surface area contributed by atoms with Gasteiger partial charge in [0.05, 0.1) is 6.61 Å². The second-order valence-electron chi connectivity index (χ2n) is 4.74. The van der Waals surface area contributed by atoms with Crippen LogP contribution >= 0.6 is 9.39 Å². The van der Waals surface area contributed by atoms with Crippen LogP contribution in [-0.2, 0) is 9.63 Å². The highest BCUT2D eigenvalue weighted by Crippen LogP contribution is 2.22. The van der Waals surface area contributed by atoms with Crippen LogP contribution in [0.3, 0.4) is 0 Å². The molecule has 0 radical (unpaired) electrons. The lowest BCUT2D eigenvalue weighted by atomic mass is 10.0. The number of carbonyl (C=O) groups is 2. The van der Waals surface area contributed by atoms with Crippen LogP contribution in [0.1, 0.15) is 19.8 Å². The largest absolute Gasteiger partial charge is 0.333 e. The van der Waals surface area contributed by atoms with E-state index < -0.39 is 6.04 Å². The smallest absolute Gasteiger partial charge is 0.318 e. The van der Waals surface area contributed by atoms with Gasteiger partial charge in [0.1, 0.15) is 6.04 Å². The van der Waals surface area contributed by atoms with Crippen LogP contribution in [0.2, 0.25) is 0 Å². The average Bonchev–Trinajstić information content (AvgIpc) is 2.64. The van der Waals surface area contributed by atoms with Crippen molar-refractivity contribution >= 4 is 21.3 Å². The topological polar surface area (TPSA) is 82.7 Å². The van der Waals surface area contributed by atoms with Gasteiger partial charge in [0.2, 0.25) is 0 Å². The number of carbonyl (C=O) groups excluding carboxylic acids is 2. The number of urea groups is 1. The fourth-order valence-electron chi connectivity index (χ4n) is 2.20. The standard InChI is InChI=1S/C10H19N4O3P/c1-6(13-18)5-17-12-9(15)8-3-2-7-4-14(8)10(16)11-7/h6-8,13H,2-5,18H2,1H3,(H,11,16)(H,12,15)/t6-,7+,8-/m0/s1. The first-order valence-electron chi connectivity index (χ1n) is 6.06. The normalized spacial score (nSPS) is 27.9. The van der Waals surface area contributed by atoms with Crippen molar-refractivity contribution in [3.05, 3.63) is 0 Å². The van der Waals surface area contributed by atoms with Gasteiger partial charge in [-0.2, -0.15) is 0 Å². The van der Waals surface area contributed by atoms with E-state index in [0.717, 1.165) is 6.42 Å². The third-order valence-corrected chi connectivity index (χ3v) is 3.83. The predicted octanol–water partition coefficient (Wildman–Crippen LogP) is -0.641. The van der Waals surface area contributed by atoms with Gasteiger partial charge in [-0.25, -0.2) is 10.3 Å². The summed E-state index contributed by atoms with van der Waals surface area (Å²) in [5, 5.41) is 5.76. The minimum Gasteiger partial charge on any atom is -0.333 e. The quantitative estimate of drug-likeness (QED) is 0.460. The van der Waals surface area contributed by atoms with Gasteiger partial charge in [0, 0.05) is 18.6 Å². The van der Waals surface area contributed by atoms with Crippen molar-refractivity contribution in [1.29, 1.82) is 0 Å². The van der Waals surface area contributed by atoms with Crippen LogP contribution in [0.15, 0.2) is 0 Å². The fourth-order valence-corrected chi connectivity index (χ4v) is 2.29. The molecule has 1 unspecified atom stereocenters. The van der Waals surface area contributed by atoms with Crippen LogP contribution in [0, 0.1) is 0 Å². The van der Waals surface area contributed by atoms with E-state index in [1.165, 1.54) is 0 Å². The van der Waals surface area contributed by atoms with E-state index in [0.29, 0.717) is 19.6 Å². The van der Waals surface area contributed by atoms with Crippen molar-refractivity contribution in [2.45, 2.75) is 37.9 Å². The third kappa shape index (κ3) is 2.91. The highest BCUT2D eigenvalue weighted by Gasteiger charge is 2.41. The highest BCUT2D eigenvalue weighted by atomic mass is 31.0. The molecule has 2 bridgehead atoms. The molecular weight excluding hydrogens is 255 g/mol. The molecule has 8 heteroatoms. The Morgan fingerprint density at radius 2 is 2.44 bits per heavy atom. The number of amides is 3. The van der Waals surface area contributed by atoms with Gasteiger partial charge in [0.15, 0.2) is 0 Å². The summed E-state index contributed by atoms with van der Waals surface area (Å²) in [7, 11) is 2.39. The van der Waals surface area contributed by atoms with E-state index in [9.17, 15) is 9.59 Å². The molecule has 102 valence electrons. The van der Waals surface area contributed by atoms with Crippen molar-refractivity contribution in [3.63, 3.8) is 0 Å². The Morgan fingerprint density at radius 1 is 1.67 bits per heavy atom. The van der Waals surface area contributed by atoms with Crippen molar-refractivity contribution in [2.75, 3.05) is 13.2 Å². The van der Waals surface area contributed by atoms with Crippen molar-refractivity contribution < 1.29 is 14.4 Å².